The van der Waals surface area contributed by atoms with E-state index in [-0.39, 0.29) is 36.9 Å². The molecule has 0 spiro atoms. The fourth-order valence-corrected chi connectivity index (χ4v) is 9.81. The predicted molar refractivity (Wildman–Crippen MR) is 301 cm³/mol. The highest BCUT2D eigenvalue weighted by Crippen LogP contribution is 2.20. The van der Waals surface area contributed by atoms with Crippen LogP contribution >= 0.6 is 0 Å². The van der Waals surface area contributed by atoms with Gasteiger partial charge in [0.2, 0.25) is 5.91 Å². The average molecular weight is 985 g/mol. The summed E-state index contributed by atoms with van der Waals surface area (Å²) in [5.41, 5.74) is 0. The monoisotopic (exact) mass is 984 g/mol. The molecule has 0 aromatic heterocycles. The van der Waals surface area contributed by atoms with E-state index in [1.165, 1.54) is 173 Å². The molecule has 0 radical (unpaired) electrons. The summed E-state index contributed by atoms with van der Waals surface area (Å²) in [5, 5.41) is 3.06. The van der Waals surface area contributed by atoms with Crippen LogP contribution < -0.4 is 5.32 Å². The topological polar surface area (TPSA) is 88.2 Å². The molecule has 1 fully saturated rings. The van der Waals surface area contributed by atoms with E-state index in [1.807, 2.05) is 0 Å². The first-order valence-corrected chi connectivity index (χ1v) is 30.7. The molecule has 1 heterocycles. The molecule has 0 bridgehead atoms. The summed E-state index contributed by atoms with van der Waals surface area (Å²) >= 11 is 0. The summed E-state index contributed by atoms with van der Waals surface area (Å²) in [7, 11) is 2.16. The van der Waals surface area contributed by atoms with Crippen molar-refractivity contribution in [3.05, 3.63) is 24.3 Å². The summed E-state index contributed by atoms with van der Waals surface area (Å²) in [6.07, 6.45) is 55.8. The molecule has 3 atom stereocenters. The van der Waals surface area contributed by atoms with Crippen LogP contribution in [0.1, 0.15) is 297 Å². The van der Waals surface area contributed by atoms with Crippen molar-refractivity contribution in [3.63, 3.8) is 0 Å². The molecule has 1 aliphatic rings. The molecule has 0 aromatic rings. The van der Waals surface area contributed by atoms with Crippen molar-refractivity contribution in [1.29, 1.82) is 0 Å². The van der Waals surface area contributed by atoms with Gasteiger partial charge in [-0.3, -0.25) is 9.59 Å². The van der Waals surface area contributed by atoms with E-state index in [1.54, 1.807) is 0 Å². The molecule has 1 amide bonds. The minimum absolute atomic E-state index is 0.0764. The van der Waals surface area contributed by atoms with Crippen LogP contribution in [0.2, 0.25) is 0 Å². The van der Waals surface area contributed by atoms with Gasteiger partial charge < -0.3 is 24.6 Å². The van der Waals surface area contributed by atoms with Crippen LogP contribution in [-0.2, 0) is 23.9 Å². The van der Waals surface area contributed by atoms with Crippen LogP contribution in [0.25, 0.3) is 0 Å². The van der Waals surface area contributed by atoms with Crippen molar-refractivity contribution >= 4 is 17.8 Å². The molecular weight excluding hydrogens is 867 g/mol. The fraction of sp³-hybridized carbons (Fsp3) is 0.887. The van der Waals surface area contributed by atoms with Crippen LogP contribution in [0.4, 0.5) is 0 Å². The second-order valence-electron chi connectivity index (χ2n) is 21.5. The number of nitrogens with one attached hydrogen (secondary N) is 1. The Balaban J connectivity index is 2.93. The number of unbranched alkanes of at least 4 members (excludes halogenated alkanes) is 28. The van der Waals surface area contributed by atoms with Gasteiger partial charge in [-0.15, -0.1) is 0 Å². The largest absolute Gasteiger partial charge is 0.462 e. The number of allylic oxidation sites excluding steroid dienone is 4. The summed E-state index contributed by atoms with van der Waals surface area (Å²) < 4.78 is 12.6. The number of hydrogen-bond donors (Lipinski definition) is 1. The van der Waals surface area contributed by atoms with Gasteiger partial charge in [-0.1, -0.05) is 219 Å². The smallest absolute Gasteiger partial charge is 0.328 e. The first kappa shape index (κ1) is 65.8. The van der Waals surface area contributed by atoms with Crippen LogP contribution in [0, 0.1) is 0 Å². The van der Waals surface area contributed by atoms with Gasteiger partial charge in [0.05, 0.1) is 0 Å². The Hall–Kier alpha value is -2.19. The normalized spacial score (nSPS) is 14.9. The van der Waals surface area contributed by atoms with Crippen LogP contribution in [0.3, 0.4) is 0 Å². The zero-order valence-corrected chi connectivity index (χ0v) is 47.2. The lowest BCUT2D eigenvalue weighted by molar-refractivity contribution is -0.155. The van der Waals surface area contributed by atoms with Gasteiger partial charge >= 0.3 is 11.9 Å². The minimum Gasteiger partial charge on any atom is -0.462 e. The van der Waals surface area contributed by atoms with Gasteiger partial charge in [-0.05, 0) is 103 Å². The molecule has 70 heavy (non-hydrogen) atoms. The molecule has 8 heteroatoms. The molecule has 8 nitrogen and oxygen atoms in total. The quantitative estimate of drug-likeness (QED) is 0.0369. The number of nitrogens with zero attached hydrogens (tertiary/aromatic N) is 2. The molecule has 1 saturated heterocycles. The van der Waals surface area contributed by atoms with Crippen molar-refractivity contribution < 1.29 is 23.9 Å². The Morgan fingerprint density at radius 1 is 0.429 bits per heavy atom. The first-order valence-electron chi connectivity index (χ1n) is 30.7. The number of hydrogen-bond acceptors (Lipinski definition) is 7. The van der Waals surface area contributed by atoms with E-state index >= 15 is 0 Å². The van der Waals surface area contributed by atoms with E-state index in [0.717, 1.165) is 110 Å². The lowest BCUT2D eigenvalue weighted by Gasteiger charge is -2.32. The maximum absolute atomic E-state index is 14.2. The van der Waals surface area contributed by atoms with Gasteiger partial charge in [0.1, 0.15) is 18.2 Å². The summed E-state index contributed by atoms with van der Waals surface area (Å²) in [6.45, 7) is 14.0. The first-order chi connectivity index (χ1) is 34.3. The molecule has 1 N–H and O–H groups in total. The average Bonchev–Trinajstić information content (AvgIpc) is 3.35. The van der Waals surface area contributed by atoms with Crippen LogP contribution in [0.15, 0.2) is 24.3 Å². The zero-order valence-electron chi connectivity index (χ0n) is 47.2. The number of piperazine rings is 1. The third kappa shape index (κ3) is 42.3. The summed E-state index contributed by atoms with van der Waals surface area (Å²) in [6, 6.07) is -0.876. The summed E-state index contributed by atoms with van der Waals surface area (Å²) in [4.78, 5) is 46.1. The number of ether oxygens (including phenoxy) is 2. The van der Waals surface area contributed by atoms with Crippen molar-refractivity contribution in [2.75, 3.05) is 39.8 Å². The van der Waals surface area contributed by atoms with Crippen molar-refractivity contribution in [3.8, 4) is 0 Å². The molecule has 0 aromatic carbocycles. The molecule has 1 rings (SSSR count). The second-order valence-corrected chi connectivity index (χ2v) is 21.5. The Morgan fingerprint density at radius 3 is 1.26 bits per heavy atom. The fourth-order valence-electron chi connectivity index (χ4n) is 9.81. The van der Waals surface area contributed by atoms with Gasteiger partial charge in [-0.2, -0.15) is 0 Å². The Bertz CT molecular complexity index is 1230. The zero-order chi connectivity index (χ0) is 50.8. The van der Waals surface area contributed by atoms with E-state index in [2.05, 4.69) is 74.2 Å². The van der Waals surface area contributed by atoms with Crippen LogP contribution in [0.5, 0.6) is 0 Å². The third-order valence-corrected chi connectivity index (χ3v) is 14.7. The Labute approximate surface area is 434 Å². The maximum atomic E-state index is 14.2. The highest BCUT2D eigenvalue weighted by atomic mass is 16.5. The van der Waals surface area contributed by atoms with Gasteiger partial charge in [0.15, 0.2) is 0 Å². The summed E-state index contributed by atoms with van der Waals surface area (Å²) in [5.74, 6) is -0.830. The van der Waals surface area contributed by atoms with Crippen molar-refractivity contribution in [2.24, 2.45) is 0 Å². The molecular formula is C62H117N3O5. The molecule has 0 saturated carbocycles. The molecule has 410 valence electrons. The SMILES string of the molecule is CCCCC/C=C\CCC(CCCCCCCCCCCCCC)OC(=O)CCC(NC(=O)CCCN1CCN(C)CC1)C(=O)OC(CC/C=C\CCCCC)CCCCCCCCCCCCCC. The number of esters is 2. The van der Waals surface area contributed by atoms with Gasteiger partial charge in [0.25, 0.3) is 0 Å². The number of carbonyl (C=O) groups excluding carboxylic acids is 3. The van der Waals surface area contributed by atoms with Gasteiger partial charge in [-0.25, -0.2) is 4.79 Å². The predicted octanol–water partition coefficient (Wildman–Crippen LogP) is 17.1. The van der Waals surface area contributed by atoms with E-state index < -0.39 is 12.0 Å². The lowest BCUT2D eigenvalue weighted by atomic mass is 10.0. The highest BCUT2D eigenvalue weighted by molar-refractivity contribution is 5.85. The van der Waals surface area contributed by atoms with E-state index in [0.29, 0.717) is 6.42 Å². The maximum Gasteiger partial charge on any atom is 0.328 e. The highest BCUT2D eigenvalue weighted by Gasteiger charge is 2.27. The Kier molecular flexibility index (Phi) is 47.3. The van der Waals surface area contributed by atoms with Gasteiger partial charge in [0, 0.05) is 39.0 Å². The third-order valence-electron chi connectivity index (χ3n) is 14.7. The minimum atomic E-state index is -0.876. The molecule has 0 aliphatic carbocycles. The van der Waals surface area contributed by atoms with E-state index in [9.17, 15) is 14.4 Å². The molecule has 3 unspecified atom stereocenters. The molecule has 1 aliphatic heterocycles. The lowest BCUT2D eigenvalue weighted by Crippen LogP contribution is -2.45. The Morgan fingerprint density at radius 2 is 0.814 bits per heavy atom. The number of rotatable bonds is 51. The number of likely N-dealkylation sites (N-methyl/N-ethyl adjacent to an activating group) is 1. The van der Waals surface area contributed by atoms with Crippen LogP contribution in [-0.4, -0.2) is 85.7 Å². The van der Waals surface area contributed by atoms with Crippen molar-refractivity contribution in [1.82, 2.24) is 15.1 Å². The van der Waals surface area contributed by atoms with Crippen molar-refractivity contribution in [2.45, 2.75) is 316 Å². The number of carbonyl (C=O) groups is 3. The standard InChI is InChI=1S/C62H117N3O5/c1-6-10-14-18-22-24-26-28-30-34-38-41-46-57(45-40-36-32-20-16-12-8-3)69-61(67)51-50-59(63-60(66)49-44-52-65-55-53-64(5)54-56-65)62(68)70-58(47-42-37-33-21-17-13-9-4)48-43-39-35-31-29-27-25-23-19-15-11-7-2/h32-33,36-37,57-59H,6-31,34-35,38-56H2,1-5H3,(H,63,66)/b36-32-,37-33-. The second kappa shape index (κ2) is 50.3. The van der Waals surface area contributed by atoms with E-state index in [4.69, 9.17) is 9.47 Å². The number of amides is 1.